The first-order valence-corrected chi connectivity index (χ1v) is 6.94. The van der Waals surface area contributed by atoms with Crippen LogP contribution in [0.1, 0.15) is 45.4 Å². The quantitative estimate of drug-likeness (QED) is 0.629. The third-order valence-corrected chi connectivity index (χ3v) is 3.45. The number of aromatic amines is 1. The number of ketones is 1. The van der Waals surface area contributed by atoms with E-state index in [2.05, 4.69) is 15.3 Å². The predicted octanol–water partition coefficient (Wildman–Crippen LogP) is 1.85. The van der Waals surface area contributed by atoms with E-state index in [9.17, 15) is 9.59 Å². The Morgan fingerprint density at radius 1 is 1.38 bits per heavy atom. The number of H-pyrrole nitrogens is 1. The lowest BCUT2D eigenvalue weighted by atomic mass is 10.1. The predicted molar refractivity (Wildman–Crippen MR) is 79.4 cm³/mol. The number of Topliss-reactive ketones (excluding diaryl/α,β-unsaturated/α-hetero) is 1. The van der Waals surface area contributed by atoms with Gasteiger partial charge in [-0.25, -0.2) is 4.98 Å². The molecular weight excluding hydrogens is 268 g/mol. The molecule has 1 amide bonds. The molecule has 2 N–H and O–H groups in total. The number of rotatable bonds is 6. The van der Waals surface area contributed by atoms with E-state index in [4.69, 9.17) is 0 Å². The molecule has 2 heterocycles. The second-order valence-corrected chi connectivity index (χ2v) is 5.09. The fourth-order valence-corrected chi connectivity index (χ4v) is 2.48. The summed E-state index contributed by atoms with van der Waals surface area (Å²) >= 11 is 0. The first kappa shape index (κ1) is 15.0. The highest BCUT2D eigenvalue weighted by Crippen LogP contribution is 2.18. The number of aryl methyl sites for hydroxylation is 2. The Kier molecular flexibility index (Phi) is 4.57. The zero-order chi connectivity index (χ0) is 15.4. The van der Waals surface area contributed by atoms with Crippen LogP contribution >= 0.6 is 0 Å². The van der Waals surface area contributed by atoms with Crippen molar-refractivity contribution in [2.75, 3.05) is 6.54 Å². The molecule has 6 heteroatoms. The maximum absolute atomic E-state index is 12.1. The second-order valence-electron chi connectivity index (χ2n) is 5.09. The number of amides is 1. The first-order chi connectivity index (χ1) is 10.0. The molecule has 2 aromatic heterocycles. The van der Waals surface area contributed by atoms with Crippen molar-refractivity contribution < 1.29 is 9.59 Å². The van der Waals surface area contributed by atoms with E-state index in [1.165, 1.54) is 6.92 Å². The summed E-state index contributed by atoms with van der Waals surface area (Å²) in [7, 11) is 0. The minimum absolute atomic E-state index is 0.0274. The number of nitrogens with one attached hydrogen (secondary N) is 2. The fraction of sp³-hybridized carbons (Fsp3) is 0.400. The number of imidazole rings is 1. The molecule has 2 rings (SSSR count). The summed E-state index contributed by atoms with van der Waals surface area (Å²) in [5.41, 5.74) is 2.54. The largest absolute Gasteiger partial charge is 0.354 e. The van der Waals surface area contributed by atoms with Gasteiger partial charge in [-0.2, -0.15) is 0 Å². The monoisotopic (exact) mass is 288 g/mol. The van der Waals surface area contributed by atoms with E-state index < -0.39 is 0 Å². The van der Waals surface area contributed by atoms with Crippen LogP contribution in [0.25, 0.3) is 0 Å². The highest BCUT2D eigenvalue weighted by atomic mass is 16.2. The zero-order valence-electron chi connectivity index (χ0n) is 12.6. The number of carbonyl (C=O) groups excluding carboxylic acids is 2. The molecule has 0 aliphatic carbocycles. The number of hydrogen-bond donors (Lipinski definition) is 2. The summed E-state index contributed by atoms with van der Waals surface area (Å²) in [6, 6.07) is 0. The standard InChI is InChI=1S/C15H20N4O2/c1-10-13(12(3)20)11(2)18-14(10)15(21)17-5-4-7-19-8-6-16-9-19/h6,8-9,18H,4-5,7H2,1-3H3,(H,17,21). The average Bonchev–Trinajstić information content (AvgIpc) is 3.02. The fourth-order valence-electron chi connectivity index (χ4n) is 2.48. The van der Waals surface area contributed by atoms with Gasteiger partial charge in [0, 0.05) is 36.7 Å². The summed E-state index contributed by atoms with van der Waals surface area (Å²) in [6.45, 7) is 6.49. The van der Waals surface area contributed by atoms with Gasteiger partial charge in [-0.1, -0.05) is 0 Å². The third-order valence-electron chi connectivity index (χ3n) is 3.45. The van der Waals surface area contributed by atoms with Gasteiger partial charge in [0.1, 0.15) is 5.69 Å². The zero-order valence-corrected chi connectivity index (χ0v) is 12.6. The normalized spacial score (nSPS) is 10.6. The molecule has 2 aromatic rings. The lowest BCUT2D eigenvalue weighted by Gasteiger charge is -2.05. The van der Waals surface area contributed by atoms with Crippen LogP contribution in [0.5, 0.6) is 0 Å². The molecule has 0 radical (unpaired) electrons. The maximum Gasteiger partial charge on any atom is 0.268 e. The minimum atomic E-state index is -0.172. The molecule has 21 heavy (non-hydrogen) atoms. The Balaban J connectivity index is 1.91. The van der Waals surface area contributed by atoms with Crippen LogP contribution in [0, 0.1) is 13.8 Å². The molecule has 0 unspecified atom stereocenters. The van der Waals surface area contributed by atoms with Crippen molar-refractivity contribution in [1.29, 1.82) is 0 Å². The minimum Gasteiger partial charge on any atom is -0.354 e. The number of nitrogens with zero attached hydrogens (tertiary/aromatic N) is 2. The lowest BCUT2D eigenvalue weighted by molar-refractivity contribution is 0.0947. The Bertz CT molecular complexity index is 641. The van der Waals surface area contributed by atoms with Crippen LogP contribution in [0.3, 0.4) is 0 Å². The van der Waals surface area contributed by atoms with Gasteiger partial charge < -0.3 is 14.9 Å². The topological polar surface area (TPSA) is 79.8 Å². The Labute approximate surface area is 123 Å². The highest BCUT2D eigenvalue weighted by molar-refractivity contribution is 6.02. The van der Waals surface area contributed by atoms with E-state index in [-0.39, 0.29) is 11.7 Å². The molecular formula is C15H20N4O2. The van der Waals surface area contributed by atoms with Gasteiger partial charge in [0.2, 0.25) is 0 Å². The Morgan fingerprint density at radius 2 is 2.14 bits per heavy atom. The third kappa shape index (κ3) is 3.39. The van der Waals surface area contributed by atoms with Crippen molar-refractivity contribution >= 4 is 11.7 Å². The van der Waals surface area contributed by atoms with E-state index in [0.717, 1.165) is 18.7 Å². The molecule has 112 valence electrons. The number of hydrogen-bond acceptors (Lipinski definition) is 3. The van der Waals surface area contributed by atoms with Gasteiger partial charge in [0.05, 0.1) is 6.33 Å². The molecule has 0 spiro atoms. The smallest absolute Gasteiger partial charge is 0.268 e. The summed E-state index contributed by atoms with van der Waals surface area (Å²) < 4.78 is 1.96. The molecule has 0 aliphatic heterocycles. The van der Waals surface area contributed by atoms with Crippen LogP contribution in [0.4, 0.5) is 0 Å². The molecule has 6 nitrogen and oxygen atoms in total. The SMILES string of the molecule is CC(=O)c1c(C)[nH]c(C(=O)NCCCn2ccnc2)c1C. The van der Waals surface area contributed by atoms with Crippen molar-refractivity contribution in [1.82, 2.24) is 19.9 Å². The van der Waals surface area contributed by atoms with Gasteiger partial charge in [-0.05, 0) is 32.8 Å². The van der Waals surface area contributed by atoms with Crippen LogP contribution < -0.4 is 5.32 Å². The van der Waals surface area contributed by atoms with Gasteiger partial charge in [0.25, 0.3) is 5.91 Å². The lowest BCUT2D eigenvalue weighted by Crippen LogP contribution is -2.26. The Morgan fingerprint density at radius 3 is 2.71 bits per heavy atom. The molecule has 0 fully saturated rings. The van der Waals surface area contributed by atoms with Gasteiger partial charge >= 0.3 is 0 Å². The number of carbonyl (C=O) groups is 2. The molecule has 0 bridgehead atoms. The molecule has 0 saturated carbocycles. The number of aromatic nitrogens is 3. The maximum atomic E-state index is 12.1. The molecule has 0 saturated heterocycles. The van der Waals surface area contributed by atoms with Gasteiger partial charge in [-0.15, -0.1) is 0 Å². The second kappa shape index (κ2) is 6.39. The summed E-state index contributed by atoms with van der Waals surface area (Å²) in [5, 5.41) is 2.87. The Hall–Kier alpha value is -2.37. The summed E-state index contributed by atoms with van der Waals surface area (Å²) in [4.78, 5) is 30.7. The van der Waals surface area contributed by atoms with Crippen LogP contribution in [-0.2, 0) is 6.54 Å². The van der Waals surface area contributed by atoms with Crippen molar-refractivity contribution in [3.05, 3.63) is 41.2 Å². The van der Waals surface area contributed by atoms with Crippen molar-refractivity contribution in [3.63, 3.8) is 0 Å². The van der Waals surface area contributed by atoms with Crippen LogP contribution in [0.2, 0.25) is 0 Å². The van der Waals surface area contributed by atoms with Crippen LogP contribution in [-0.4, -0.2) is 32.8 Å². The highest BCUT2D eigenvalue weighted by Gasteiger charge is 2.19. The summed E-state index contributed by atoms with van der Waals surface area (Å²) in [5.74, 6) is -0.200. The van der Waals surface area contributed by atoms with E-state index in [1.54, 1.807) is 26.4 Å². The summed E-state index contributed by atoms with van der Waals surface area (Å²) in [6.07, 6.45) is 6.19. The van der Waals surface area contributed by atoms with Crippen molar-refractivity contribution in [2.24, 2.45) is 0 Å². The van der Waals surface area contributed by atoms with E-state index in [1.807, 2.05) is 10.8 Å². The molecule has 0 atom stereocenters. The first-order valence-electron chi connectivity index (χ1n) is 6.94. The average molecular weight is 288 g/mol. The van der Waals surface area contributed by atoms with Crippen molar-refractivity contribution in [3.8, 4) is 0 Å². The molecule has 0 aromatic carbocycles. The van der Waals surface area contributed by atoms with E-state index >= 15 is 0 Å². The van der Waals surface area contributed by atoms with E-state index in [0.29, 0.717) is 23.4 Å². The molecule has 0 aliphatic rings. The van der Waals surface area contributed by atoms with Gasteiger partial charge in [-0.3, -0.25) is 9.59 Å². The van der Waals surface area contributed by atoms with Crippen LogP contribution in [0.15, 0.2) is 18.7 Å². The van der Waals surface area contributed by atoms with Gasteiger partial charge in [0.15, 0.2) is 5.78 Å². The van der Waals surface area contributed by atoms with Crippen molar-refractivity contribution in [2.45, 2.75) is 33.7 Å².